The largest absolute Gasteiger partial charge is 0.480 e. The number of carboxylic acid groups (broad SMARTS) is 1. The summed E-state index contributed by atoms with van der Waals surface area (Å²) in [6, 6.07) is 5.53. The number of carbonyl (C=O) groups is 2. The van der Waals surface area contributed by atoms with Gasteiger partial charge in [-0.25, -0.2) is 0 Å². The molecule has 0 atom stereocenters. The van der Waals surface area contributed by atoms with Gasteiger partial charge in [0, 0.05) is 11.9 Å². The highest BCUT2D eigenvalue weighted by molar-refractivity contribution is 5.97. The fourth-order valence-corrected chi connectivity index (χ4v) is 2.25. The van der Waals surface area contributed by atoms with Gasteiger partial charge in [0.1, 0.15) is 12.1 Å². The number of hydrogen-bond donors (Lipinski definition) is 1. The molecule has 2 rings (SSSR count). The fraction of sp³-hybridized carbons (Fsp3) is 0.375. The van der Waals surface area contributed by atoms with Gasteiger partial charge in [-0.15, -0.1) is 0 Å². The lowest BCUT2D eigenvalue weighted by Gasteiger charge is -2.18. The molecule has 0 spiro atoms. The monoisotopic (exact) mass is 289 g/mol. The average molecular weight is 289 g/mol. The van der Waals surface area contributed by atoms with E-state index in [1.165, 1.54) is 4.90 Å². The number of carbonyl (C=O) groups excluding carboxylic acids is 1. The molecule has 5 nitrogen and oxygen atoms in total. The molecule has 0 aliphatic carbocycles. The van der Waals surface area contributed by atoms with Crippen LogP contribution in [0.15, 0.2) is 22.6 Å². The van der Waals surface area contributed by atoms with E-state index in [2.05, 4.69) is 0 Å². The molecule has 0 saturated heterocycles. The first kappa shape index (κ1) is 15.1. The Morgan fingerprint density at radius 3 is 2.48 bits per heavy atom. The van der Waals surface area contributed by atoms with E-state index >= 15 is 0 Å². The first-order chi connectivity index (χ1) is 9.92. The van der Waals surface area contributed by atoms with Gasteiger partial charge in [-0.2, -0.15) is 0 Å². The number of rotatable bonds is 5. The quantitative estimate of drug-likeness (QED) is 0.918. The molecule has 2 aromatic rings. The number of fused-ring (bicyclic) bond motifs is 1. The van der Waals surface area contributed by atoms with Crippen LogP contribution in [0.2, 0.25) is 0 Å². The van der Waals surface area contributed by atoms with Gasteiger partial charge in [0.2, 0.25) is 0 Å². The molecule has 112 valence electrons. The maximum absolute atomic E-state index is 12.4. The van der Waals surface area contributed by atoms with E-state index in [9.17, 15) is 9.59 Å². The number of furan rings is 1. The number of carboxylic acids is 1. The van der Waals surface area contributed by atoms with E-state index in [-0.39, 0.29) is 18.2 Å². The van der Waals surface area contributed by atoms with Crippen molar-refractivity contribution in [1.29, 1.82) is 0 Å². The van der Waals surface area contributed by atoms with Gasteiger partial charge in [0.15, 0.2) is 5.76 Å². The Kier molecular flexibility index (Phi) is 4.31. The molecule has 0 saturated carbocycles. The zero-order valence-electron chi connectivity index (χ0n) is 12.5. The maximum atomic E-state index is 12.4. The van der Waals surface area contributed by atoms with Crippen molar-refractivity contribution in [3.8, 4) is 0 Å². The summed E-state index contributed by atoms with van der Waals surface area (Å²) in [6.45, 7) is 5.94. The summed E-state index contributed by atoms with van der Waals surface area (Å²) >= 11 is 0. The van der Waals surface area contributed by atoms with Crippen molar-refractivity contribution in [3.05, 3.63) is 35.1 Å². The molecular weight excluding hydrogens is 270 g/mol. The Morgan fingerprint density at radius 2 is 1.86 bits per heavy atom. The second-order valence-corrected chi connectivity index (χ2v) is 5.21. The molecule has 1 N–H and O–H groups in total. The van der Waals surface area contributed by atoms with Crippen molar-refractivity contribution in [2.24, 2.45) is 0 Å². The summed E-state index contributed by atoms with van der Waals surface area (Å²) in [4.78, 5) is 24.5. The van der Waals surface area contributed by atoms with Crippen LogP contribution in [0.3, 0.4) is 0 Å². The van der Waals surface area contributed by atoms with Crippen LogP contribution in [0.25, 0.3) is 11.0 Å². The second-order valence-electron chi connectivity index (χ2n) is 5.21. The number of aryl methyl sites for hydroxylation is 2. The lowest BCUT2D eigenvalue weighted by Crippen LogP contribution is -2.36. The lowest BCUT2D eigenvalue weighted by molar-refractivity contribution is -0.137. The highest BCUT2D eigenvalue weighted by Gasteiger charge is 2.21. The highest BCUT2D eigenvalue weighted by atomic mass is 16.4. The number of hydrogen-bond acceptors (Lipinski definition) is 3. The van der Waals surface area contributed by atoms with Crippen LogP contribution in [-0.4, -0.2) is 35.0 Å². The Bertz CT molecular complexity index is 648. The molecule has 0 radical (unpaired) electrons. The van der Waals surface area contributed by atoms with Crippen LogP contribution < -0.4 is 0 Å². The van der Waals surface area contributed by atoms with E-state index in [4.69, 9.17) is 9.52 Å². The zero-order chi connectivity index (χ0) is 15.6. The average Bonchev–Trinajstić information content (AvgIpc) is 2.80. The predicted octanol–water partition coefficient (Wildman–Crippen LogP) is 2.99. The lowest BCUT2D eigenvalue weighted by atomic mass is 10.1. The molecule has 1 aromatic carbocycles. The number of amides is 1. The molecular formula is C16H19NO4. The highest BCUT2D eigenvalue weighted by Crippen LogP contribution is 2.24. The normalized spacial score (nSPS) is 10.8. The first-order valence-corrected chi connectivity index (χ1v) is 6.94. The minimum absolute atomic E-state index is 0.185. The van der Waals surface area contributed by atoms with Gasteiger partial charge in [-0.05, 0) is 49.6 Å². The minimum Gasteiger partial charge on any atom is -0.480 e. The molecule has 0 fully saturated rings. The maximum Gasteiger partial charge on any atom is 0.323 e. The van der Waals surface area contributed by atoms with Gasteiger partial charge >= 0.3 is 5.97 Å². The van der Waals surface area contributed by atoms with E-state index < -0.39 is 5.97 Å². The molecule has 1 aromatic heterocycles. The van der Waals surface area contributed by atoms with Gasteiger partial charge in [-0.3, -0.25) is 9.59 Å². The Balaban J connectivity index is 2.35. The van der Waals surface area contributed by atoms with Crippen LogP contribution in [0.5, 0.6) is 0 Å². The topological polar surface area (TPSA) is 70.8 Å². The summed E-state index contributed by atoms with van der Waals surface area (Å²) in [5.74, 6) is -1.23. The summed E-state index contributed by atoms with van der Waals surface area (Å²) in [5.41, 5.74) is 2.86. The Hall–Kier alpha value is -2.30. The molecule has 1 amide bonds. The van der Waals surface area contributed by atoms with Gasteiger partial charge in [0.25, 0.3) is 5.91 Å². The molecule has 21 heavy (non-hydrogen) atoms. The third-order valence-corrected chi connectivity index (χ3v) is 3.45. The smallest absolute Gasteiger partial charge is 0.323 e. The molecule has 0 bridgehead atoms. The number of nitrogens with zero attached hydrogens (tertiary/aromatic N) is 1. The third-order valence-electron chi connectivity index (χ3n) is 3.45. The van der Waals surface area contributed by atoms with Crippen LogP contribution in [0, 0.1) is 13.8 Å². The van der Waals surface area contributed by atoms with Crippen molar-refractivity contribution in [3.63, 3.8) is 0 Å². The van der Waals surface area contributed by atoms with Crippen molar-refractivity contribution in [2.75, 3.05) is 13.1 Å². The van der Waals surface area contributed by atoms with Gasteiger partial charge < -0.3 is 14.4 Å². The molecule has 0 aliphatic heterocycles. The number of benzene rings is 1. The second kappa shape index (κ2) is 5.99. The molecule has 5 heteroatoms. The van der Waals surface area contributed by atoms with Crippen molar-refractivity contribution in [1.82, 2.24) is 4.90 Å². The Morgan fingerprint density at radius 1 is 1.19 bits per heavy atom. The predicted molar refractivity (Wildman–Crippen MR) is 79.5 cm³/mol. The zero-order valence-corrected chi connectivity index (χ0v) is 12.5. The number of aliphatic carboxylic acids is 1. The molecule has 0 unspecified atom stereocenters. The van der Waals surface area contributed by atoms with Gasteiger partial charge in [0.05, 0.1) is 0 Å². The first-order valence-electron chi connectivity index (χ1n) is 6.94. The van der Waals surface area contributed by atoms with E-state index in [0.29, 0.717) is 18.5 Å². The van der Waals surface area contributed by atoms with E-state index in [0.717, 1.165) is 16.5 Å². The van der Waals surface area contributed by atoms with Gasteiger partial charge in [-0.1, -0.05) is 6.92 Å². The van der Waals surface area contributed by atoms with Crippen LogP contribution in [0.4, 0.5) is 0 Å². The van der Waals surface area contributed by atoms with Crippen LogP contribution >= 0.6 is 0 Å². The summed E-state index contributed by atoms with van der Waals surface area (Å²) < 4.78 is 5.59. The van der Waals surface area contributed by atoms with Crippen LogP contribution in [0.1, 0.15) is 35.0 Å². The SMILES string of the molecule is CCCN(CC(=O)O)C(=O)c1cc2cc(C)c(C)cc2o1. The van der Waals surface area contributed by atoms with Crippen molar-refractivity contribution in [2.45, 2.75) is 27.2 Å². The van der Waals surface area contributed by atoms with E-state index in [1.54, 1.807) is 6.07 Å². The summed E-state index contributed by atoms with van der Waals surface area (Å²) in [6.07, 6.45) is 0.692. The van der Waals surface area contributed by atoms with E-state index in [1.807, 2.05) is 32.9 Å². The standard InChI is InChI=1S/C16H19NO4/c1-4-5-17(9-15(18)19)16(20)14-8-12-6-10(2)11(3)7-13(12)21-14/h6-8H,4-5,9H2,1-3H3,(H,18,19). The summed E-state index contributed by atoms with van der Waals surface area (Å²) in [7, 11) is 0. The van der Waals surface area contributed by atoms with Crippen molar-refractivity contribution >= 4 is 22.8 Å². The van der Waals surface area contributed by atoms with Crippen molar-refractivity contribution < 1.29 is 19.1 Å². The fourth-order valence-electron chi connectivity index (χ4n) is 2.25. The molecule has 1 heterocycles. The summed E-state index contributed by atoms with van der Waals surface area (Å²) in [5, 5.41) is 9.75. The third kappa shape index (κ3) is 3.24. The minimum atomic E-state index is -1.03. The van der Waals surface area contributed by atoms with Crippen LogP contribution in [-0.2, 0) is 4.79 Å². The Labute approximate surface area is 123 Å². The molecule has 0 aliphatic rings.